The highest BCUT2D eigenvalue weighted by Gasteiger charge is 2.15. The van der Waals surface area contributed by atoms with Crippen LogP contribution in [-0.4, -0.2) is 38.9 Å². The fourth-order valence-corrected chi connectivity index (χ4v) is 0.888. The van der Waals surface area contributed by atoms with Crippen LogP contribution in [0.15, 0.2) is 6.33 Å². The van der Waals surface area contributed by atoms with Crippen LogP contribution >= 0.6 is 0 Å². The molecule has 80 valence electrons. The van der Waals surface area contributed by atoms with Crippen molar-refractivity contribution in [2.45, 2.75) is 19.1 Å². The zero-order chi connectivity index (χ0) is 10.6. The number of aromatic nitrogens is 3. The van der Waals surface area contributed by atoms with E-state index < -0.39 is 12.5 Å². The Hall–Kier alpha value is -1.08. The van der Waals surface area contributed by atoms with Crippen LogP contribution in [0.2, 0.25) is 0 Å². The molecule has 5 nitrogen and oxygen atoms in total. The number of aryl methyl sites for hydroxylation is 1. The first-order valence-corrected chi connectivity index (χ1v) is 4.11. The first kappa shape index (κ1) is 11.0. The van der Waals surface area contributed by atoms with Gasteiger partial charge >= 0.3 is 0 Å². The predicted molar refractivity (Wildman–Crippen MR) is 44.7 cm³/mol. The number of alkyl halides is 2. The van der Waals surface area contributed by atoms with Gasteiger partial charge in [0.15, 0.2) is 0 Å². The van der Waals surface area contributed by atoms with Crippen LogP contribution in [-0.2, 0) is 13.6 Å². The van der Waals surface area contributed by atoms with Gasteiger partial charge in [0, 0.05) is 13.6 Å². The number of aliphatic hydroxyl groups is 1. The number of hydrogen-bond donors (Lipinski definition) is 2. The van der Waals surface area contributed by atoms with Gasteiger partial charge in [-0.25, -0.2) is 8.78 Å². The lowest BCUT2D eigenvalue weighted by Gasteiger charge is -2.09. The highest BCUT2D eigenvalue weighted by Crippen LogP contribution is 1.99. The van der Waals surface area contributed by atoms with Gasteiger partial charge in [-0.1, -0.05) is 0 Å². The van der Waals surface area contributed by atoms with Crippen molar-refractivity contribution < 1.29 is 13.9 Å². The summed E-state index contributed by atoms with van der Waals surface area (Å²) in [4.78, 5) is 0. The molecule has 0 aromatic carbocycles. The Balaban J connectivity index is 2.25. The normalized spacial score (nSPS) is 13.5. The highest BCUT2D eigenvalue weighted by atomic mass is 19.3. The van der Waals surface area contributed by atoms with E-state index in [0.29, 0.717) is 12.4 Å². The summed E-state index contributed by atoms with van der Waals surface area (Å²) in [5.41, 5.74) is 0. The van der Waals surface area contributed by atoms with Crippen LogP contribution in [0.25, 0.3) is 0 Å². The quantitative estimate of drug-likeness (QED) is 0.683. The summed E-state index contributed by atoms with van der Waals surface area (Å²) in [7, 11) is 1.75. The van der Waals surface area contributed by atoms with E-state index >= 15 is 0 Å². The van der Waals surface area contributed by atoms with E-state index in [1.54, 1.807) is 11.6 Å². The lowest BCUT2D eigenvalue weighted by Crippen LogP contribution is -2.32. The minimum Gasteiger partial charge on any atom is -0.386 e. The second kappa shape index (κ2) is 4.97. The molecule has 0 radical (unpaired) electrons. The van der Waals surface area contributed by atoms with Crippen molar-refractivity contribution in [3.63, 3.8) is 0 Å². The van der Waals surface area contributed by atoms with E-state index in [1.165, 1.54) is 6.33 Å². The molecule has 0 amide bonds. The van der Waals surface area contributed by atoms with Gasteiger partial charge in [0.05, 0.1) is 6.54 Å². The van der Waals surface area contributed by atoms with Crippen molar-refractivity contribution in [3.05, 3.63) is 12.2 Å². The summed E-state index contributed by atoms with van der Waals surface area (Å²) < 4.78 is 25.4. The molecule has 0 spiro atoms. The molecule has 1 unspecified atom stereocenters. The summed E-state index contributed by atoms with van der Waals surface area (Å²) in [5, 5.41) is 18.8. The molecule has 14 heavy (non-hydrogen) atoms. The average molecular weight is 206 g/mol. The number of aliphatic hydroxyl groups excluding tert-OH is 1. The van der Waals surface area contributed by atoms with Gasteiger partial charge in [0.1, 0.15) is 18.3 Å². The van der Waals surface area contributed by atoms with Gasteiger partial charge < -0.3 is 15.0 Å². The molecule has 0 aliphatic heterocycles. The Morgan fingerprint density at radius 3 is 2.86 bits per heavy atom. The van der Waals surface area contributed by atoms with Crippen molar-refractivity contribution in [2.24, 2.45) is 7.05 Å². The largest absolute Gasteiger partial charge is 0.386 e. The van der Waals surface area contributed by atoms with E-state index in [-0.39, 0.29) is 6.54 Å². The van der Waals surface area contributed by atoms with Gasteiger partial charge in [-0.3, -0.25) is 0 Å². The van der Waals surface area contributed by atoms with Crippen molar-refractivity contribution >= 4 is 0 Å². The third-order valence-electron chi connectivity index (χ3n) is 1.73. The van der Waals surface area contributed by atoms with Gasteiger partial charge in [-0.05, 0) is 0 Å². The third-order valence-corrected chi connectivity index (χ3v) is 1.73. The molecule has 0 saturated carbocycles. The summed E-state index contributed by atoms with van der Waals surface area (Å²) in [5.74, 6) is 0.631. The maximum atomic E-state index is 11.9. The number of nitrogens with one attached hydrogen (secondary N) is 1. The predicted octanol–water partition coefficient (Wildman–Crippen LogP) is -0.469. The smallest absolute Gasteiger partial charge is 0.265 e. The minimum absolute atomic E-state index is 0.162. The van der Waals surface area contributed by atoms with Crippen molar-refractivity contribution in [2.75, 3.05) is 6.54 Å². The summed E-state index contributed by atoms with van der Waals surface area (Å²) in [6.45, 7) is 0.144. The van der Waals surface area contributed by atoms with E-state index in [1.807, 2.05) is 0 Å². The van der Waals surface area contributed by atoms with Crippen LogP contribution in [0.4, 0.5) is 8.78 Å². The zero-order valence-corrected chi connectivity index (χ0v) is 7.69. The fraction of sp³-hybridized carbons (Fsp3) is 0.714. The lowest BCUT2D eigenvalue weighted by atomic mass is 10.3. The molecule has 7 heteroatoms. The Morgan fingerprint density at radius 1 is 1.64 bits per heavy atom. The molecular weight excluding hydrogens is 194 g/mol. The molecule has 1 aromatic heterocycles. The Bertz CT molecular complexity index is 278. The number of rotatable bonds is 5. The van der Waals surface area contributed by atoms with Crippen LogP contribution in [0.5, 0.6) is 0 Å². The van der Waals surface area contributed by atoms with Gasteiger partial charge in [-0.15, -0.1) is 10.2 Å². The topological polar surface area (TPSA) is 63.0 Å². The standard InChI is InChI=1S/C7H12F2N4O/c1-13-4-11-12-6(13)3-10-2-5(14)7(8)9/h4-5,7,10,14H,2-3H2,1H3. The Morgan fingerprint density at radius 2 is 2.36 bits per heavy atom. The summed E-state index contributed by atoms with van der Waals surface area (Å²) in [6.07, 6.45) is -2.84. The van der Waals surface area contributed by atoms with E-state index in [4.69, 9.17) is 5.11 Å². The zero-order valence-electron chi connectivity index (χ0n) is 7.69. The van der Waals surface area contributed by atoms with Crippen molar-refractivity contribution in [3.8, 4) is 0 Å². The molecule has 0 saturated heterocycles. The third kappa shape index (κ3) is 3.00. The number of halogens is 2. The molecule has 2 N–H and O–H groups in total. The first-order chi connectivity index (χ1) is 6.61. The highest BCUT2D eigenvalue weighted by molar-refractivity contribution is 4.83. The van der Waals surface area contributed by atoms with Crippen molar-refractivity contribution in [1.29, 1.82) is 0 Å². The van der Waals surface area contributed by atoms with Gasteiger partial charge in [-0.2, -0.15) is 0 Å². The van der Waals surface area contributed by atoms with Crippen LogP contribution < -0.4 is 5.32 Å². The molecule has 1 aromatic rings. The molecular formula is C7H12F2N4O. The van der Waals surface area contributed by atoms with Crippen LogP contribution in [0.3, 0.4) is 0 Å². The molecule has 1 atom stereocenters. The molecule has 0 aliphatic rings. The second-order valence-electron chi connectivity index (χ2n) is 2.89. The van der Waals surface area contributed by atoms with E-state index in [9.17, 15) is 8.78 Å². The van der Waals surface area contributed by atoms with Gasteiger partial charge in [0.2, 0.25) is 0 Å². The molecule has 1 rings (SSSR count). The summed E-state index contributed by atoms with van der Waals surface area (Å²) >= 11 is 0. The molecule has 1 heterocycles. The second-order valence-corrected chi connectivity index (χ2v) is 2.89. The van der Waals surface area contributed by atoms with E-state index in [0.717, 1.165) is 0 Å². The molecule has 0 aliphatic carbocycles. The Labute approximate surface area is 79.8 Å². The maximum absolute atomic E-state index is 11.9. The van der Waals surface area contributed by atoms with Crippen LogP contribution in [0.1, 0.15) is 5.82 Å². The SMILES string of the molecule is Cn1cnnc1CNCC(O)C(F)F. The molecule has 0 bridgehead atoms. The molecule has 0 fully saturated rings. The summed E-state index contributed by atoms with van der Waals surface area (Å²) in [6, 6.07) is 0. The van der Waals surface area contributed by atoms with Crippen LogP contribution in [0, 0.1) is 0 Å². The average Bonchev–Trinajstić information content (AvgIpc) is 2.51. The first-order valence-electron chi connectivity index (χ1n) is 4.11. The van der Waals surface area contributed by atoms with E-state index in [2.05, 4.69) is 15.5 Å². The number of hydrogen-bond acceptors (Lipinski definition) is 4. The van der Waals surface area contributed by atoms with Crippen molar-refractivity contribution in [1.82, 2.24) is 20.1 Å². The number of nitrogens with zero attached hydrogens (tertiary/aromatic N) is 3. The fourth-order valence-electron chi connectivity index (χ4n) is 0.888. The minimum atomic E-state index is -2.72. The maximum Gasteiger partial charge on any atom is 0.265 e. The Kier molecular flexibility index (Phi) is 3.90. The monoisotopic (exact) mass is 206 g/mol. The van der Waals surface area contributed by atoms with Gasteiger partial charge in [0.25, 0.3) is 6.43 Å². The lowest BCUT2D eigenvalue weighted by molar-refractivity contribution is -0.00350.